The van der Waals surface area contributed by atoms with Crippen LogP contribution in [-0.4, -0.2) is 104 Å². The smallest absolute Gasteiger partial charge is 0.323 e. The van der Waals surface area contributed by atoms with Crippen LogP contribution in [0.3, 0.4) is 0 Å². The van der Waals surface area contributed by atoms with E-state index in [2.05, 4.69) is 17.0 Å². The minimum atomic E-state index is -0.840. The number of carbonyl (C=O) groups excluding carboxylic acids is 3. The Kier molecular flexibility index (Phi) is 15.0. The van der Waals surface area contributed by atoms with Crippen molar-refractivity contribution >= 4 is 47.2 Å². The Balaban J connectivity index is 1.58. The van der Waals surface area contributed by atoms with Crippen LogP contribution >= 0.6 is 23.4 Å². The number of ether oxygens (including phenoxy) is 2. The van der Waals surface area contributed by atoms with Crippen molar-refractivity contribution in [2.24, 2.45) is 11.7 Å². The molecule has 44 heavy (non-hydrogen) atoms. The Morgan fingerprint density at radius 1 is 1.02 bits per heavy atom. The molecule has 0 saturated carbocycles. The molecule has 0 bridgehead atoms. The molecule has 2 atom stereocenters. The summed E-state index contributed by atoms with van der Waals surface area (Å²) in [6.07, 6.45) is 1.83. The highest BCUT2D eigenvalue weighted by Gasteiger charge is 2.25. The van der Waals surface area contributed by atoms with E-state index in [-0.39, 0.29) is 23.7 Å². The third-order valence-electron chi connectivity index (χ3n) is 7.25. The van der Waals surface area contributed by atoms with Gasteiger partial charge in [0.1, 0.15) is 11.4 Å². The molecule has 9 nitrogen and oxygen atoms in total. The second-order valence-electron chi connectivity index (χ2n) is 11.7. The van der Waals surface area contributed by atoms with Gasteiger partial charge in [0.05, 0.1) is 19.3 Å². The van der Waals surface area contributed by atoms with E-state index >= 15 is 0 Å². The van der Waals surface area contributed by atoms with Crippen molar-refractivity contribution in [1.82, 2.24) is 9.80 Å². The average molecular weight is 647 g/mol. The van der Waals surface area contributed by atoms with E-state index in [1.54, 1.807) is 0 Å². The highest BCUT2D eigenvalue weighted by atomic mass is 35.5. The van der Waals surface area contributed by atoms with Crippen LogP contribution in [0.15, 0.2) is 48.5 Å². The summed E-state index contributed by atoms with van der Waals surface area (Å²) >= 11 is 7.27. The summed E-state index contributed by atoms with van der Waals surface area (Å²) in [5.41, 5.74) is 8.69. The molecule has 1 fully saturated rings. The van der Waals surface area contributed by atoms with E-state index in [1.165, 1.54) is 17.3 Å². The van der Waals surface area contributed by atoms with Crippen LogP contribution in [0.25, 0.3) is 0 Å². The molecule has 0 spiro atoms. The minimum absolute atomic E-state index is 0.00390. The van der Waals surface area contributed by atoms with Gasteiger partial charge < -0.3 is 29.8 Å². The largest absolute Gasteiger partial charge is 0.464 e. The lowest BCUT2D eigenvalue weighted by Crippen LogP contribution is -2.49. The van der Waals surface area contributed by atoms with Crippen LogP contribution in [0.5, 0.6) is 0 Å². The summed E-state index contributed by atoms with van der Waals surface area (Å²) in [7, 11) is 0. The first-order chi connectivity index (χ1) is 21.1. The molecule has 1 amide bonds. The predicted molar refractivity (Wildman–Crippen MR) is 178 cm³/mol. The number of aldehydes is 1. The molecule has 0 aliphatic carbocycles. The van der Waals surface area contributed by atoms with Gasteiger partial charge >= 0.3 is 5.97 Å². The number of nitrogens with two attached hydrogens (primary N) is 1. The number of hydrogen-bond donors (Lipinski definition) is 1. The van der Waals surface area contributed by atoms with E-state index < -0.39 is 17.4 Å². The van der Waals surface area contributed by atoms with Crippen LogP contribution in [0, 0.1) is 5.92 Å². The lowest BCUT2D eigenvalue weighted by atomic mass is 10.1. The van der Waals surface area contributed by atoms with Gasteiger partial charge in [-0.3, -0.25) is 14.5 Å². The van der Waals surface area contributed by atoms with Crippen molar-refractivity contribution in [3.05, 3.63) is 64.7 Å². The number of amides is 1. The maximum absolute atomic E-state index is 13.3. The van der Waals surface area contributed by atoms with E-state index in [0.717, 1.165) is 43.1 Å². The maximum Gasteiger partial charge on any atom is 0.323 e. The topological polar surface area (TPSA) is 105 Å². The van der Waals surface area contributed by atoms with Crippen molar-refractivity contribution in [2.75, 3.05) is 63.1 Å². The Morgan fingerprint density at radius 3 is 2.27 bits per heavy atom. The van der Waals surface area contributed by atoms with Gasteiger partial charge in [0.15, 0.2) is 6.29 Å². The molecule has 1 saturated heterocycles. The molecule has 2 unspecified atom stereocenters. The van der Waals surface area contributed by atoms with Gasteiger partial charge in [-0.05, 0) is 68.1 Å². The molecule has 11 heteroatoms. The number of halogens is 1. The molecule has 3 rings (SSSR count). The SMILES string of the molecule is CC(C)COC(=O)C(N)CSC(C=O)N(CCOC(C)C)c1ccc(C(=O)N2CCN(CCc3ccc(Cl)cc3)CC2)cc1. The molecule has 0 radical (unpaired) electrons. The van der Waals surface area contributed by atoms with Crippen molar-refractivity contribution in [3.8, 4) is 0 Å². The standard InChI is InChI=1S/C33H47ClN4O5S/c1-24(2)22-43-33(41)30(35)23-44-31(21-39)38(19-20-42-25(3)4)29-11-7-27(8-12-29)32(40)37-17-15-36(16-18-37)14-13-26-5-9-28(34)10-6-26/h5-12,21,24-25,30-31H,13-20,22-23,35H2,1-4H3. The number of rotatable bonds is 17. The van der Waals surface area contributed by atoms with E-state index in [1.807, 2.05) is 73.9 Å². The van der Waals surface area contributed by atoms with E-state index in [4.69, 9.17) is 26.8 Å². The zero-order valence-electron chi connectivity index (χ0n) is 26.3. The van der Waals surface area contributed by atoms with Crippen molar-refractivity contribution in [1.29, 1.82) is 0 Å². The Bertz CT molecular complexity index is 1170. The van der Waals surface area contributed by atoms with Gasteiger partial charge in [0.2, 0.25) is 0 Å². The highest BCUT2D eigenvalue weighted by molar-refractivity contribution is 8.00. The predicted octanol–water partition coefficient (Wildman–Crippen LogP) is 4.36. The maximum atomic E-state index is 13.3. The summed E-state index contributed by atoms with van der Waals surface area (Å²) in [5.74, 6) is -0.0424. The number of piperazine rings is 1. The second-order valence-corrected chi connectivity index (χ2v) is 13.2. The number of thioether (sulfide) groups is 1. The Hall–Kier alpha value is -2.63. The molecule has 1 aliphatic rings. The van der Waals surface area contributed by atoms with Crippen LogP contribution in [0.4, 0.5) is 5.69 Å². The van der Waals surface area contributed by atoms with Gasteiger partial charge in [-0.25, -0.2) is 0 Å². The normalized spacial score (nSPS) is 15.3. The van der Waals surface area contributed by atoms with Gasteiger partial charge in [-0.1, -0.05) is 37.6 Å². The van der Waals surface area contributed by atoms with Gasteiger partial charge in [0.25, 0.3) is 5.91 Å². The second kappa shape index (κ2) is 18.4. The molecule has 1 heterocycles. The first kappa shape index (κ1) is 35.8. The van der Waals surface area contributed by atoms with Gasteiger partial charge in [-0.15, -0.1) is 11.8 Å². The molecule has 2 aromatic carbocycles. The van der Waals surface area contributed by atoms with Crippen molar-refractivity contribution in [2.45, 2.75) is 51.6 Å². The summed E-state index contributed by atoms with van der Waals surface area (Å²) < 4.78 is 11.0. The number of anilines is 1. The number of benzene rings is 2. The molecule has 242 valence electrons. The number of nitrogens with zero attached hydrogens (tertiary/aromatic N) is 3. The third-order valence-corrected chi connectivity index (χ3v) is 8.76. The zero-order valence-corrected chi connectivity index (χ0v) is 27.9. The first-order valence-corrected chi connectivity index (χ1v) is 16.7. The number of esters is 1. The molecule has 0 aromatic heterocycles. The minimum Gasteiger partial charge on any atom is -0.464 e. The van der Waals surface area contributed by atoms with E-state index in [0.29, 0.717) is 38.4 Å². The number of carbonyl (C=O) groups is 3. The first-order valence-electron chi connectivity index (χ1n) is 15.3. The summed E-state index contributed by atoms with van der Waals surface area (Å²) in [6, 6.07) is 14.4. The lowest BCUT2D eigenvalue weighted by Gasteiger charge is -2.35. The molecule has 2 aromatic rings. The van der Waals surface area contributed by atoms with Crippen LogP contribution in [0.2, 0.25) is 5.02 Å². The lowest BCUT2D eigenvalue weighted by molar-refractivity contribution is -0.145. The fourth-order valence-electron chi connectivity index (χ4n) is 4.71. The summed E-state index contributed by atoms with van der Waals surface area (Å²) in [5, 5.41) is 0.141. The average Bonchev–Trinajstić information content (AvgIpc) is 3.02. The van der Waals surface area contributed by atoms with E-state index in [9.17, 15) is 14.4 Å². The van der Waals surface area contributed by atoms with Crippen molar-refractivity contribution < 1.29 is 23.9 Å². The molecule has 2 N–H and O–H groups in total. The molecular weight excluding hydrogens is 600 g/mol. The fourth-order valence-corrected chi connectivity index (χ4v) is 5.86. The van der Waals surface area contributed by atoms with Crippen LogP contribution in [-0.2, 0) is 25.5 Å². The number of hydrogen-bond acceptors (Lipinski definition) is 9. The molecular formula is C33H47ClN4O5S. The Morgan fingerprint density at radius 2 is 1.68 bits per heavy atom. The zero-order chi connectivity index (χ0) is 32.1. The van der Waals surface area contributed by atoms with Crippen LogP contribution in [0.1, 0.15) is 43.6 Å². The van der Waals surface area contributed by atoms with Crippen molar-refractivity contribution in [3.63, 3.8) is 0 Å². The summed E-state index contributed by atoms with van der Waals surface area (Å²) in [6.45, 7) is 12.9. The quantitative estimate of drug-likeness (QED) is 0.153. The fraction of sp³-hybridized carbons (Fsp3) is 0.545. The monoisotopic (exact) mass is 646 g/mol. The van der Waals surface area contributed by atoms with Gasteiger partial charge in [0, 0.05) is 61.3 Å². The Labute approximate surface area is 271 Å². The highest BCUT2D eigenvalue weighted by Crippen LogP contribution is 2.24. The summed E-state index contributed by atoms with van der Waals surface area (Å²) in [4.78, 5) is 44.0. The van der Waals surface area contributed by atoms with Crippen LogP contribution < -0.4 is 10.6 Å². The molecule has 1 aliphatic heterocycles. The third kappa shape index (κ3) is 11.7. The van der Waals surface area contributed by atoms with Gasteiger partial charge in [-0.2, -0.15) is 0 Å².